The summed E-state index contributed by atoms with van der Waals surface area (Å²) in [5.74, 6) is 2.51. The molecule has 3 heterocycles. The van der Waals surface area contributed by atoms with Crippen LogP contribution in [0.15, 0.2) is 0 Å². The highest BCUT2D eigenvalue weighted by Gasteiger charge is 2.26. The largest absolute Gasteiger partial charge is 0.481 e. The number of aryl methyl sites for hydroxylation is 1. The molecule has 2 fully saturated rings. The average molecular weight is 333 g/mol. The SMILES string of the molecule is COc1nc(C)nc(N2CCN(C[C@@H]3CCCCN3C)CC2)c1C. The number of aromatic nitrogens is 2. The smallest absolute Gasteiger partial charge is 0.221 e. The summed E-state index contributed by atoms with van der Waals surface area (Å²) < 4.78 is 5.40. The molecular weight excluding hydrogens is 302 g/mol. The van der Waals surface area contributed by atoms with Gasteiger partial charge in [0.1, 0.15) is 11.6 Å². The topological polar surface area (TPSA) is 44.7 Å². The van der Waals surface area contributed by atoms with E-state index in [1.165, 1.54) is 32.4 Å². The first kappa shape index (κ1) is 17.4. The van der Waals surface area contributed by atoms with Crippen molar-refractivity contribution >= 4 is 5.82 Å². The Balaban J connectivity index is 1.60. The number of ether oxygens (including phenoxy) is 1. The van der Waals surface area contributed by atoms with Gasteiger partial charge in [-0.25, -0.2) is 4.98 Å². The summed E-state index contributed by atoms with van der Waals surface area (Å²) in [7, 11) is 3.95. The predicted molar refractivity (Wildman–Crippen MR) is 97.0 cm³/mol. The van der Waals surface area contributed by atoms with E-state index >= 15 is 0 Å². The molecule has 0 aliphatic carbocycles. The van der Waals surface area contributed by atoms with Crippen molar-refractivity contribution in [3.05, 3.63) is 11.4 Å². The van der Waals surface area contributed by atoms with Gasteiger partial charge < -0.3 is 14.5 Å². The Morgan fingerprint density at radius 1 is 1.04 bits per heavy atom. The maximum absolute atomic E-state index is 5.40. The van der Waals surface area contributed by atoms with Crippen LogP contribution in [0.4, 0.5) is 5.82 Å². The number of nitrogens with zero attached hydrogens (tertiary/aromatic N) is 5. The van der Waals surface area contributed by atoms with Crippen molar-refractivity contribution in [1.82, 2.24) is 19.8 Å². The van der Waals surface area contributed by atoms with Crippen LogP contribution in [-0.4, -0.2) is 79.2 Å². The van der Waals surface area contributed by atoms with Crippen LogP contribution in [-0.2, 0) is 0 Å². The second kappa shape index (κ2) is 7.66. The summed E-state index contributed by atoms with van der Waals surface area (Å²) in [6.07, 6.45) is 4.08. The summed E-state index contributed by atoms with van der Waals surface area (Å²) in [5, 5.41) is 0. The lowest BCUT2D eigenvalue weighted by molar-refractivity contribution is 0.124. The van der Waals surface area contributed by atoms with E-state index in [1.54, 1.807) is 7.11 Å². The molecule has 6 heteroatoms. The molecule has 1 aromatic heterocycles. The molecule has 6 nitrogen and oxygen atoms in total. The quantitative estimate of drug-likeness (QED) is 0.836. The Hall–Kier alpha value is -1.40. The van der Waals surface area contributed by atoms with E-state index in [4.69, 9.17) is 4.74 Å². The Labute approximate surface area is 145 Å². The van der Waals surface area contributed by atoms with Gasteiger partial charge in [0, 0.05) is 38.8 Å². The van der Waals surface area contributed by atoms with E-state index in [1.807, 2.05) is 6.92 Å². The molecule has 0 N–H and O–H groups in total. The van der Waals surface area contributed by atoms with Crippen LogP contribution in [0.25, 0.3) is 0 Å². The normalized spacial score (nSPS) is 23.5. The van der Waals surface area contributed by atoms with Crippen molar-refractivity contribution in [2.45, 2.75) is 39.2 Å². The fourth-order valence-electron chi connectivity index (χ4n) is 3.91. The molecule has 0 spiro atoms. The highest BCUT2D eigenvalue weighted by atomic mass is 16.5. The lowest BCUT2D eigenvalue weighted by Gasteiger charge is -2.40. The molecule has 1 atom stereocenters. The zero-order valence-corrected chi connectivity index (χ0v) is 15.6. The van der Waals surface area contributed by atoms with Crippen LogP contribution >= 0.6 is 0 Å². The molecule has 0 aromatic carbocycles. The fourth-order valence-corrected chi connectivity index (χ4v) is 3.91. The molecule has 134 valence electrons. The van der Waals surface area contributed by atoms with E-state index in [2.05, 4.69) is 38.6 Å². The zero-order valence-electron chi connectivity index (χ0n) is 15.6. The number of hydrogen-bond acceptors (Lipinski definition) is 6. The molecule has 3 rings (SSSR count). The van der Waals surface area contributed by atoms with Crippen molar-refractivity contribution in [3.8, 4) is 5.88 Å². The van der Waals surface area contributed by atoms with E-state index in [9.17, 15) is 0 Å². The molecule has 2 aliphatic heterocycles. The lowest BCUT2D eigenvalue weighted by atomic mass is 10.0. The van der Waals surface area contributed by atoms with Crippen LogP contribution in [0.3, 0.4) is 0 Å². The van der Waals surface area contributed by atoms with Crippen LogP contribution in [0.5, 0.6) is 5.88 Å². The van der Waals surface area contributed by atoms with Gasteiger partial charge in [0.05, 0.1) is 12.7 Å². The molecule has 24 heavy (non-hydrogen) atoms. The predicted octanol–water partition coefficient (Wildman–Crippen LogP) is 1.71. The maximum atomic E-state index is 5.40. The second-order valence-corrected chi connectivity index (χ2v) is 7.15. The van der Waals surface area contributed by atoms with Crippen molar-refractivity contribution in [2.24, 2.45) is 0 Å². The standard InChI is InChI=1S/C18H31N5O/c1-14-17(19-15(2)20-18(14)24-4)23-11-9-22(10-12-23)13-16-7-5-6-8-21(16)3/h16H,5-13H2,1-4H3/t16-/m0/s1. The molecule has 0 bridgehead atoms. The Morgan fingerprint density at radius 2 is 1.79 bits per heavy atom. The maximum Gasteiger partial charge on any atom is 0.221 e. The van der Waals surface area contributed by atoms with Crippen LogP contribution in [0.1, 0.15) is 30.7 Å². The summed E-state index contributed by atoms with van der Waals surface area (Å²) >= 11 is 0. The van der Waals surface area contributed by atoms with E-state index in [0.29, 0.717) is 5.88 Å². The molecule has 1 aromatic rings. The lowest BCUT2D eigenvalue weighted by Crippen LogP contribution is -2.52. The van der Waals surface area contributed by atoms with E-state index in [0.717, 1.165) is 49.4 Å². The number of rotatable bonds is 4. The number of anilines is 1. The molecule has 2 saturated heterocycles. The summed E-state index contributed by atoms with van der Waals surface area (Å²) in [6, 6.07) is 0.730. The van der Waals surface area contributed by atoms with Gasteiger partial charge in [-0.05, 0) is 40.3 Å². The molecule has 0 amide bonds. The van der Waals surface area contributed by atoms with Gasteiger partial charge in [0.2, 0.25) is 5.88 Å². The first-order chi connectivity index (χ1) is 11.6. The molecule has 2 aliphatic rings. The van der Waals surface area contributed by atoms with Crippen LogP contribution in [0, 0.1) is 13.8 Å². The number of likely N-dealkylation sites (N-methyl/N-ethyl adjacent to an activating group) is 1. The Kier molecular flexibility index (Phi) is 5.56. The number of methoxy groups -OCH3 is 1. The van der Waals surface area contributed by atoms with Gasteiger partial charge in [0.15, 0.2) is 0 Å². The fraction of sp³-hybridized carbons (Fsp3) is 0.778. The molecule has 0 unspecified atom stereocenters. The second-order valence-electron chi connectivity index (χ2n) is 7.15. The minimum absolute atomic E-state index is 0.698. The van der Waals surface area contributed by atoms with Gasteiger partial charge in [0.25, 0.3) is 0 Å². The van der Waals surface area contributed by atoms with Crippen LogP contribution < -0.4 is 9.64 Å². The van der Waals surface area contributed by atoms with Gasteiger partial charge in [-0.15, -0.1) is 0 Å². The van der Waals surface area contributed by atoms with Crippen molar-refractivity contribution in [2.75, 3.05) is 58.3 Å². The summed E-state index contributed by atoms with van der Waals surface area (Å²) in [4.78, 5) is 16.6. The van der Waals surface area contributed by atoms with Crippen molar-refractivity contribution in [1.29, 1.82) is 0 Å². The first-order valence-corrected chi connectivity index (χ1v) is 9.15. The van der Waals surface area contributed by atoms with E-state index in [-0.39, 0.29) is 0 Å². The van der Waals surface area contributed by atoms with Crippen molar-refractivity contribution in [3.63, 3.8) is 0 Å². The Bertz CT molecular complexity index is 557. The monoisotopic (exact) mass is 333 g/mol. The average Bonchev–Trinajstić information content (AvgIpc) is 2.59. The number of piperidine rings is 1. The van der Waals surface area contributed by atoms with Gasteiger partial charge >= 0.3 is 0 Å². The number of piperazine rings is 1. The third-order valence-electron chi connectivity index (χ3n) is 5.44. The van der Waals surface area contributed by atoms with E-state index < -0.39 is 0 Å². The third kappa shape index (κ3) is 3.81. The minimum Gasteiger partial charge on any atom is -0.481 e. The molecule has 0 radical (unpaired) electrons. The zero-order chi connectivity index (χ0) is 17.1. The van der Waals surface area contributed by atoms with Gasteiger partial charge in [-0.2, -0.15) is 4.98 Å². The minimum atomic E-state index is 0.698. The first-order valence-electron chi connectivity index (χ1n) is 9.15. The van der Waals surface area contributed by atoms with Gasteiger partial charge in [-0.3, -0.25) is 4.90 Å². The summed E-state index contributed by atoms with van der Waals surface area (Å²) in [6.45, 7) is 10.7. The van der Waals surface area contributed by atoms with Crippen LogP contribution in [0.2, 0.25) is 0 Å². The Morgan fingerprint density at radius 3 is 2.46 bits per heavy atom. The highest BCUT2D eigenvalue weighted by Crippen LogP contribution is 2.26. The summed E-state index contributed by atoms with van der Waals surface area (Å²) in [5.41, 5.74) is 1.04. The number of hydrogen-bond donors (Lipinski definition) is 0. The van der Waals surface area contributed by atoms with Gasteiger partial charge in [-0.1, -0.05) is 6.42 Å². The molecule has 0 saturated carbocycles. The highest BCUT2D eigenvalue weighted by molar-refractivity contribution is 5.51. The van der Waals surface area contributed by atoms with Crippen molar-refractivity contribution < 1.29 is 4.74 Å². The molecular formula is C18H31N5O. The third-order valence-corrected chi connectivity index (χ3v) is 5.44. The number of likely N-dealkylation sites (tertiary alicyclic amines) is 1.